The number of amides is 3. The Hall–Kier alpha value is -3.96. The second-order valence-corrected chi connectivity index (χ2v) is 8.85. The number of nitrogens with zero attached hydrogens (tertiary/aromatic N) is 4. The summed E-state index contributed by atoms with van der Waals surface area (Å²) in [6.45, 7) is 2.37. The molecule has 1 aliphatic rings. The fourth-order valence-electron chi connectivity index (χ4n) is 3.76. The maximum Gasteiger partial charge on any atom is 0.254 e. The zero-order valence-corrected chi connectivity index (χ0v) is 21.0. The van der Waals surface area contributed by atoms with E-state index in [2.05, 4.69) is 15.5 Å². The summed E-state index contributed by atoms with van der Waals surface area (Å²) in [5.74, 6) is -1.11. The van der Waals surface area contributed by atoms with Crippen LogP contribution in [0.5, 0.6) is 5.75 Å². The smallest absolute Gasteiger partial charge is 0.254 e. The van der Waals surface area contributed by atoms with Crippen LogP contribution in [0, 0.1) is 5.82 Å². The molecule has 0 aliphatic carbocycles. The van der Waals surface area contributed by atoms with Crippen LogP contribution in [0.3, 0.4) is 0 Å². The molecule has 1 aliphatic heterocycles. The van der Waals surface area contributed by atoms with Gasteiger partial charge in [-0.1, -0.05) is 23.2 Å². The van der Waals surface area contributed by atoms with Crippen LogP contribution in [0.1, 0.15) is 28.9 Å². The van der Waals surface area contributed by atoms with E-state index in [-0.39, 0.29) is 51.4 Å². The Morgan fingerprint density at radius 1 is 1.24 bits per heavy atom. The van der Waals surface area contributed by atoms with Crippen LogP contribution in [0.15, 0.2) is 42.5 Å². The number of nitrogen functional groups attached to an aromatic ring is 1. The number of piperazine rings is 1. The quantitative estimate of drug-likeness (QED) is 0.342. The van der Waals surface area contributed by atoms with Crippen molar-refractivity contribution >= 4 is 58.7 Å². The van der Waals surface area contributed by atoms with E-state index in [1.807, 2.05) is 0 Å². The summed E-state index contributed by atoms with van der Waals surface area (Å²) < 4.78 is 19.8. The van der Waals surface area contributed by atoms with Gasteiger partial charge in [-0.15, -0.1) is 10.2 Å². The molecule has 0 saturated carbocycles. The molecule has 1 atom stereocenters. The fourth-order valence-corrected chi connectivity index (χ4v) is 4.44. The topological polar surface area (TPSA) is 131 Å². The molecule has 3 aromatic rings. The molecule has 3 amide bonds. The number of rotatable bonds is 7. The Balaban J connectivity index is 1.56. The van der Waals surface area contributed by atoms with E-state index in [1.165, 1.54) is 21.9 Å². The van der Waals surface area contributed by atoms with E-state index in [0.717, 1.165) is 6.07 Å². The number of ether oxygens (including phenoxy) is 1. The second-order valence-electron chi connectivity index (χ2n) is 8.07. The summed E-state index contributed by atoms with van der Waals surface area (Å²) in [7, 11) is 0. The molecule has 0 spiro atoms. The van der Waals surface area contributed by atoms with Crippen molar-refractivity contribution in [1.29, 1.82) is 0 Å². The Bertz CT molecular complexity index is 1360. The molecule has 2 aromatic carbocycles. The van der Waals surface area contributed by atoms with Gasteiger partial charge in [0.1, 0.15) is 11.9 Å². The predicted molar refractivity (Wildman–Crippen MR) is 135 cm³/mol. The number of nitrogens with two attached hydrogens (primary N) is 1. The highest BCUT2D eigenvalue weighted by molar-refractivity contribution is 6.36. The third kappa shape index (κ3) is 5.57. The van der Waals surface area contributed by atoms with E-state index < -0.39 is 11.9 Å². The molecule has 0 radical (unpaired) electrons. The van der Waals surface area contributed by atoms with Crippen LogP contribution >= 0.6 is 23.2 Å². The number of aromatic nitrogens is 2. The molecule has 4 rings (SSSR count). The second kappa shape index (κ2) is 11.0. The fraction of sp³-hybridized carbons (Fsp3) is 0.208. The number of benzene rings is 2. The number of halogens is 3. The Morgan fingerprint density at radius 3 is 2.65 bits per heavy atom. The first-order valence-electron chi connectivity index (χ1n) is 11.0. The summed E-state index contributed by atoms with van der Waals surface area (Å²) in [5.41, 5.74) is 6.88. The van der Waals surface area contributed by atoms with E-state index in [9.17, 15) is 18.8 Å². The lowest BCUT2D eigenvalue weighted by molar-refractivity contribution is -0.123. The Kier molecular flexibility index (Phi) is 7.74. The summed E-state index contributed by atoms with van der Waals surface area (Å²) in [6, 6.07) is 10.1. The van der Waals surface area contributed by atoms with Gasteiger partial charge >= 0.3 is 0 Å². The van der Waals surface area contributed by atoms with Crippen molar-refractivity contribution in [3.05, 3.63) is 69.5 Å². The molecular formula is C24H21Cl2FN6O4. The normalized spacial score (nSPS) is 14.1. The van der Waals surface area contributed by atoms with Crippen LogP contribution in [0.2, 0.25) is 10.0 Å². The Morgan fingerprint density at radius 2 is 1.97 bits per heavy atom. The molecule has 2 heterocycles. The van der Waals surface area contributed by atoms with Gasteiger partial charge < -0.3 is 20.7 Å². The van der Waals surface area contributed by atoms with Gasteiger partial charge in [0.2, 0.25) is 12.3 Å². The van der Waals surface area contributed by atoms with Gasteiger partial charge in [-0.2, -0.15) is 0 Å². The molecular weight excluding hydrogens is 526 g/mol. The van der Waals surface area contributed by atoms with Gasteiger partial charge in [0.05, 0.1) is 17.3 Å². The highest BCUT2D eigenvalue weighted by atomic mass is 35.5. The lowest BCUT2D eigenvalue weighted by Gasteiger charge is -2.26. The number of hydrogen-bond donors (Lipinski definition) is 2. The van der Waals surface area contributed by atoms with E-state index in [0.29, 0.717) is 30.8 Å². The molecule has 0 unspecified atom stereocenters. The maximum absolute atomic E-state index is 14.0. The van der Waals surface area contributed by atoms with Gasteiger partial charge in [0.25, 0.3) is 5.91 Å². The lowest BCUT2D eigenvalue weighted by Crippen LogP contribution is -2.49. The van der Waals surface area contributed by atoms with Gasteiger partial charge in [0.15, 0.2) is 17.4 Å². The molecule has 3 N–H and O–H groups in total. The van der Waals surface area contributed by atoms with Crippen molar-refractivity contribution < 1.29 is 23.5 Å². The first-order chi connectivity index (χ1) is 17.7. The first kappa shape index (κ1) is 26.1. The minimum atomic E-state index is -0.818. The monoisotopic (exact) mass is 546 g/mol. The Labute approximate surface area is 221 Å². The van der Waals surface area contributed by atoms with Crippen LogP contribution in [-0.2, 0) is 9.59 Å². The van der Waals surface area contributed by atoms with Gasteiger partial charge in [0, 0.05) is 35.3 Å². The van der Waals surface area contributed by atoms with Crippen molar-refractivity contribution in [2.75, 3.05) is 30.3 Å². The summed E-state index contributed by atoms with van der Waals surface area (Å²) in [4.78, 5) is 38.9. The third-order valence-electron chi connectivity index (χ3n) is 5.63. The van der Waals surface area contributed by atoms with Gasteiger partial charge in [-0.25, -0.2) is 4.39 Å². The van der Waals surface area contributed by atoms with Crippen LogP contribution in [0.4, 0.5) is 21.7 Å². The van der Waals surface area contributed by atoms with Gasteiger partial charge in [-0.05, 0) is 43.3 Å². The third-order valence-corrected chi connectivity index (χ3v) is 6.35. The largest absolute Gasteiger partial charge is 0.482 e. The number of hydrogen-bond acceptors (Lipinski definition) is 7. The van der Waals surface area contributed by atoms with Crippen molar-refractivity contribution in [2.24, 2.45) is 0 Å². The molecule has 13 heteroatoms. The standard InChI is InChI=1S/C24H21Cl2FN6O4/c1-13(21-16(25)6-7-17(27)22(21)26)37-18-10-19(30-31-23(18)28)33(12-34)15-4-2-14(3-5-15)24(36)32-9-8-29-20(35)11-32/h2-7,10,12-13H,8-9,11H2,1H3,(H2,28,31)(H,29,35)/t13-/m1/s1. The molecule has 37 heavy (non-hydrogen) atoms. The lowest BCUT2D eigenvalue weighted by atomic mass is 10.1. The van der Waals surface area contributed by atoms with Crippen molar-refractivity contribution in [3.8, 4) is 5.75 Å². The zero-order chi connectivity index (χ0) is 26.7. The number of anilines is 3. The molecule has 1 saturated heterocycles. The maximum atomic E-state index is 14.0. The van der Waals surface area contributed by atoms with Crippen molar-refractivity contribution in [3.63, 3.8) is 0 Å². The SMILES string of the molecule is C[C@@H](Oc1cc(N(C=O)c2ccc(C(=O)N3CCNC(=O)C3)cc2)nnc1N)c1c(Cl)ccc(F)c1Cl. The predicted octanol–water partition coefficient (Wildman–Crippen LogP) is 3.51. The summed E-state index contributed by atoms with van der Waals surface area (Å²) >= 11 is 12.3. The number of carbonyl (C=O) groups excluding carboxylic acids is 3. The van der Waals surface area contributed by atoms with Crippen LogP contribution in [-0.4, -0.2) is 53.0 Å². The van der Waals surface area contributed by atoms with Crippen molar-refractivity contribution in [2.45, 2.75) is 13.0 Å². The summed E-state index contributed by atoms with van der Waals surface area (Å²) in [6.07, 6.45) is -0.304. The average Bonchev–Trinajstić information content (AvgIpc) is 2.89. The molecule has 10 nitrogen and oxygen atoms in total. The number of nitrogens with one attached hydrogen (secondary N) is 1. The molecule has 192 valence electrons. The minimum Gasteiger partial charge on any atom is -0.482 e. The molecule has 0 bridgehead atoms. The highest BCUT2D eigenvalue weighted by Crippen LogP contribution is 2.37. The zero-order valence-electron chi connectivity index (χ0n) is 19.5. The molecule has 1 aromatic heterocycles. The van der Waals surface area contributed by atoms with Crippen LogP contribution in [0.25, 0.3) is 0 Å². The first-order valence-corrected chi connectivity index (χ1v) is 11.8. The highest BCUT2D eigenvalue weighted by Gasteiger charge is 2.24. The minimum absolute atomic E-state index is 0.0185. The number of carbonyl (C=O) groups is 3. The van der Waals surface area contributed by atoms with Crippen molar-refractivity contribution in [1.82, 2.24) is 20.4 Å². The summed E-state index contributed by atoms with van der Waals surface area (Å²) in [5, 5.41) is 10.5. The van der Waals surface area contributed by atoms with E-state index >= 15 is 0 Å². The van der Waals surface area contributed by atoms with E-state index in [4.69, 9.17) is 33.7 Å². The van der Waals surface area contributed by atoms with Gasteiger partial charge in [-0.3, -0.25) is 19.3 Å². The molecule has 1 fully saturated rings. The average molecular weight is 547 g/mol. The van der Waals surface area contributed by atoms with Crippen LogP contribution < -0.4 is 20.7 Å². The van der Waals surface area contributed by atoms with E-state index in [1.54, 1.807) is 31.2 Å².